The normalized spacial score (nSPS) is 12.2. The fraction of sp³-hybridized carbons (Fsp3) is 0.308. The zero-order chi connectivity index (χ0) is 14.5. The van der Waals surface area contributed by atoms with Crippen LogP contribution >= 0.6 is 27.7 Å². The number of hydrogen-bond donors (Lipinski definition) is 2. The number of thioether (sulfide) groups is 1. The summed E-state index contributed by atoms with van der Waals surface area (Å²) in [6, 6.07) is 7.78. The third-order valence-corrected chi connectivity index (χ3v) is 4.25. The molecule has 5 nitrogen and oxygen atoms in total. The maximum Gasteiger partial charge on any atom is 0.233 e. The predicted molar refractivity (Wildman–Crippen MR) is 83.5 cm³/mol. The maximum absolute atomic E-state index is 11.7. The van der Waals surface area contributed by atoms with Gasteiger partial charge in [-0.05, 0) is 19.9 Å². The van der Waals surface area contributed by atoms with E-state index in [1.54, 1.807) is 0 Å². The van der Waals surface area contributed by atoms with Crippen molar-refractivity contribution in [1.29, 1.82) is 0 Å². The first-order chi connectivity index (χ1) is 9.61. The molecular weight excluding hydrogens is 340 g/mol. The number of aromatic nitrogens is 3. The minimum atomic E-state index is -0.224. The Hall–Kier alpha value is -1.34. The third kappa shape index (κ3) is 3.61. The van der Waals surface area contributed by atoms with E-state index >= 15 is 0 Å². The van der Waals surface area contributed by atoms with Crippen molar-refractivity contribution < 1.29 is 4.79 Å². The molecule has 0 aliphatic rings. The molecule has 106 valence electrons. The van der Waals surface area contributed by atoms with Crippen molar-refractivity contribution in [1.82, 2.24) is 20.5 Å². The van der Waals surface area contributed by atoms with Crippen molar-refractivity contribution in [2.75, 3.05) is 6.54 Å². The second-order valence-corrected chi connectivity index (χ2v) is 6.26. The topological polar surface area (TPSA) is 70.7 Å². The van der Waals surface area contributed by atoms with Gasteiger partial charge in [0, 0.05) is 16.6 Å². The SMILES string of the molecule is CCNC(=O)[C@H](C)Sc1n[nH]c(-c2ccccc2Br)n1. The number of carbonyl (C=O) groups excluding carboxylic acids is 1. The molecule has 0 saturated heterocycles. The van der Waals surface area contributed by atoms with E-state index in [1.165, 1.54) is 11.8 Å². The Labute approximate surface area is 130 Å². The molecule has 2 rings (SSSR count). The molecule has 0 unspecified atom stereocenters. The van der Waals surface area contributed by atoms with Crippen LogP contribution in [0.5, 0.6) is 0 Å². The van der Waals surface area contributed by atoms with Gasteiger partial charge in [-0.2, -0.15) is 0 Å². The van der Waals surface area contributed by atoms with Crippen molar-refractivity contribution in [2.45, 2.75) is 24.3 Å². The van der Waals surface area contributed by atoms with Gasteiger partial charge < -0.3 is 5.32 Å². The summed E-state index contributed by atoms with van der Waals surface area (Å²) in [5.41, 5.74) is 0.942. The number of H-pyrrole nitrogens is 1. The summed E-state index contributed by atoms with van der Waals surface area (Å²) in [5, 5.41) is 10.2. The first-order valence-electron chi connectivity index (χ1n) is 6.23. The molecule has 7 heteroatoms. The largest absolute Gasteiger partial charge is 0.355 e. The van der Waals surface area contributed by atoms with Crippen molar-refractivity contribution in [2.24, 2.45) is 0 Å². The average Bonchev–Trinajstić information content (AvgIpc) is 2.87. The molecule has 1 aromatic carbocycles. The fourth-order valence-electron chi connectivity index (χ4n) is 1.60. The van der Waals surface area contributed by atoms with Crippen LogP contribution in [0.15, 0.2) is 33.9 Å². The third-order valence-electron chi connectivity index (χ3n) is 2.60. The molecule has 2 N–H and O–H groups in total. The summed E-state index contributed by atoms with van der Waals surface area (Å²) < 4.78 is 0.949. The summed E-state index contributed by atoms with van der Waals surface area (Å²) in [5.74, 6) is 0.674. The number of aromatic amines is 1. The van der Waals surface area contributed by atoms with Crippen molar-refractivity contribution in [3.63, 3.8) is 0 Å². The van der Waals surface area contributed by atoms with Crippen LogP contribution in [0.25, 0.3) is 11.4 Å². The van der Waals surface area contributed by atoms with E-state index in [0.29, 0.717) is 17.5 Å². The van der Waals surface area contributed by atoms with E-state index in [1.807, 2.05) is 38.1 Å². The van der Waals surface area contributed by atoms with Gasteiger partial charge in [-0.3, -0.25) is 9.89 Å². The van der Waals surface area contributed by atoms with Gasteiger partial charge in [-0.1, -0.05) is 45.9 Å². The minimum Gasteiger partial charge on any atom is -0.355 e. The second kappa shape index (κ2) is 6.90. The highest BCUT2D eigenvalue weighted by Crippen LogP contribution is 2.27. The zero-order valence-electron chi connectivity index (χ0n) is 11.2. The van der Waals surface area contributed by atoms with Gasteiger partial charge in [0.1, 0.15) is 0 Å². The van der Waals surface area contributed by atoms with Crippen molar-refractivity contribution in [3.05, 3.63) is 28.7 Å². The number of rotatable bonds is 5. The molecule has 0 saturated carbocycles. The van der Waals surface area contributed by atoms with Crippen molar-refractivity contribution in [3.8, 4) is 11.4 Å². The van der Waals surface area contributed by atoms with Gasteiger partial charge in [-0.15, -0.1) is 5.10 Å². The summed E-state index contributed by atoms with van der Waals surface area (Å²) in [7, 11) is 0. The van der Waals surface area contributed by atoms with Crippen LogP contribution in [0.4, 0.5) is 0 Å². The highest BCUT2D eigenvalue weighted by atomic mass is 79.9. The number of halogens is 1. The number of hydrogen-bond acceptors (Lipinski definition) is 4. The van der Waals surface area contributed by atoms with E-state index in [0.717, 1.165) is 10.0 Å². The zero-order valence-corrected chi connectivity index (χ0v) is 13.6. The van der Waals surface area contributed by atoms with Gasteiger partial charge in [-0.25, -0.2) is 4.98 Å². The molecular formula is C13H15BrN4OS. The standard InChI is InChI=1S/C13H15BrN4OS/c1-3-15-12(19)8(2)20-13-16-11(17-18-13)9-6-4-5-7-10(9)14/h4-8H,3H2,1-2H3,(H,15,19)(H,16,17,18)/t8-/m0/s1. The highest BCUT2D eigenvalue weighted by Gasteiger charge is 2.17. The molecule has 0 bridgehead atoms. The molecule has 20 heavy (non-hydrogen) atoms. The molecule has 1 aromatic heterocycles. The van der Waals surface area contributed by atoms with E-state index in [-0.39, 0.29) is 11.2 Å². The lowest BCUT2D eigenvalue weighted by molar-refractivity contribution is -0.120. The molecule has 2 aromatic rings. The van der Waals surface area contributed by atoms with E-state index in [9.17, 15) is 4.79 Å². The maximum atomic E-state index is 11.7. The van der Waals surface area contributed by atoms with Crippen LogP contribution in [0.3, 0.4) is 0 Å². The molecule has 0 spiro atoms. The van der Waals surface area contributed by atoms with Gasteiger partial charge in [0.05, 0.1) is 5.25 Å². The molecule has 0 aliphatic heterocycles. The van der Waals surface area contributed by atoms with Crippen LogP contribution < -0.4 is 5.32 Å². The number of amides is 1. The highest BCUT2D eigenvalue weighted by molar-refractivity contribution is 9.10. The van der Waals surface area contributed by atoms with E-state index in [2.05, 4.69) is 36.4 Å². The fourth-order valence-corrected chi connectivity index (χ4v) is 2.82. The van der Waals surface area contributed by atoms with E-state index < -0.39 is 0 Å². The Bertz CT molecular complexity index is 602. The molecule has 0 radical (unpaired) electrons. The number of carbonyl (C=O) groups is 1. The predicted octanol–water partition coefficient (Wildman–Crippen LogP) is 2.85. The van der Waals surface area contributed by atoms with E-state index in [4.69, 9.17) is 0 Å². The van der Waals surface area contributed by atoms with Crippen LogP contribution in [0.2, 0.25) is 0 Å². The number of benzene rings is 1. The lowest BCUT2D eigenvalue weighted by atomic mass is 10.2. The minimum absolute atomic E-state index is 0.00950. The van der Waals surface area contributed by atoms with Crippen LogP contribution in [0, 0.1) is 0 Å². The number of nitrogens with zero attached hydrogens (tertiary/aromatic N) is 2. The molecule has 0 aliphatic carbocycles. The van der Waals surface area contributed by atoms with Crippen LogP contribution in [0.1, 0.15) is 13.8 Å². The van der Waals surface area contributed by atoms with Crippen molar-refractivity contribution >= 4 is 33.6 Å². The summed E-state index contributed by atoms with van der Waals surface area (Å²) in [6.07, 6.45) is 0. The first-order valence-corrected chi connectivity index (χ1v) is 7.90. The Morgan fingerprint density at radius 3 is 2.95 bits per heavy atom. The van der Waals surface area contributed by atoms with Crippen LogP contribution in [-0.4, -0.2) is 32.9 Å². The molecule has 0 fully saturated rings. The smallest absolute Gasteiger partial charge is 0.233 e. The average molecular weight is 355 g/mol. The summed E-state index contributed by atoms with van der Waals surface area (Å²) in [4.78, 5) is 16.1. The van der Waals surface area contributed by atoms with Gasteiger partial charge in [0.2, 0.25) is 11.1 Å². The van der Waals surface area contributed by atoms with Gasteiger partial charge in [0.15, 0.2) is 5.82 Å². The lowest BCUT2D eigenvalue weighted by Gasteiger charge is -2.07. The van der Waals surface area contributed by atoms with Gasteiger partial charge in [0.25, 0.3) is 0 Å². The summed E-state index contributed by atoms with van der Waals surface area (Å²) in [6.45, 7) is 4.36. The Kier molecular flexibility index (Phi) is 5.19. The second-order valence-electron chi connectivity index (χ2n) is 4.10. The molecule has 1 atom stereocenters. The molecule has 1 heterocycles. The monoisotopic (exact) mass is 354 g/mol. The summed E-state index contributed by atoms with van der Waals surface area (Å²) >= 11 is 4.81. The Morgan fingerprint density at radius 1 is 1.50 bits per heavy atom. The molecule has 1 amide bonds. The quantitative estimate of drug-likeness (QED) is 0.810. The Morgan fingerprint density at radius 2 is 2.25 bits per heavy atom. The van der Waals surface area contributed by atoms with Gasteiger partial charge >= 0.3 is 0 Å². The Balaban J connectivity index is 2.10. The lowest BCUT2D eigenvalue weighted by Crippen LogP contribution is -2.30. The first kappa shape index (κ1) is 15.1. The van der Waals surface area contributed by atoms with Crippen LogP contribution in [-0.2, 0) is 4.79 Å². The number of nitrogens with one attached hydrogen (secondary N) is 2.